The molecule has 0 aromatic carbocycles. The summed E-state index contributed by atoms with van der Waals surface area (Å²) < 4.78 is 0.750. The Morgan fingerprint density at radius 1 is 1.38 bits per heavy atom. The monoisotopic (exact) mass is 229 g/mol. The van der Waals surface area contributed by atoms with E-state index in [2.05, 4.69) is 36.1 Å². The molecule has 0 aliphatic carbocycles. The first kappa shape index (κ1) is 10.8. The molecule has 4 heteroatoms. The number of thiazole rings is 1. The molecule has 0 amide bonds. The van der Waals surface area contributed by atoms with Crippen LogP contribution in [0.15, 0.2) is 0 Å². The highest BCUT2D eigenvalue weighted by atomic mass is 35.5. The highest BCUT2D eigenvalue weighted by Crippen LogP contribution is 2.22. The van der Waals surface area contributed by atoms with Crippen molar-refractivity contribution in [1.82, 2.24) is 4.98 Å². The largest absolute Gasteiger partial charge is 0.231 e. The highest BCUT2D eigenvalue weighted by Gasteiger charge is 2.08. The molecule has 70 valence electrons. The molecule has 0 saturated carbocycles. The molecular weight excluding hydrogens is 218 g/mol. The van der Waals surface area contributed by atoms with Gasteiger partial charge in [-0.05, 0) is 12.8 Å². The summed E-state index contributed by atoms with van der Waals surface area (Å²) >= 11 is 7.34. The van der Waals surface area contributed by atoms with Crippen molar-refractivity contribution >= 4 is 31.0 Å². The maximum Gasteiger partial charge on any atom is 0.167 e. The first-order chi connectivity index (χ1) is 5.88. The van der Waals surface area contributed by atoms with Gasteiger partial charge in [0.2, 0.25) is 0 Å². The van der Waals surface area contributed by atoms with E-state index in [0.29, 0.717) is 0 Å². The molecule has 0 aliphatic rings. The van der Waals surface area contributed by atoms with E-state index < -0.39 is 8.07 Å². The van der Waals surface area contributed by atoms with Gasteiger partial charge in [0, 0.05) is 0 Å². The lowest BCUT2D eigenvalue weighted by molar-refractivity contribution is 1.25. The van der Waals surface area contributed by atoms with Crippen molar-refractivity contribution in [3.63, 3.8) is 0 Å². The van der Waals surface area contributed by atoms with Crippen LogP contribution in [0.3, 0.4) is 0 Å². The number of nitrogens with zero attached hydrogens (tertiary/aromatic N) is 1. The van der Waals surface area contributed by atoms with Crippen LogP contribution in [0.1, 0.15) is 10.7 Å². The molecule has 0 radical (unpaired) electrons. The molecule has 0 saturated heterocycles. The molecule has 1 heterocycles. The van der Waals surface area contributed by atoms with E-state index in [1.807, 2.05) is 6.92 Å². The van der Waals surface area contributed by atoms with Crippen LogP contribution < -0.4 is 0 Å². The number of hydrogen-bond acceptors (Lipinski definition) is 2. The number of rotatable bonds is 0. The fourth-order valence-corrected chi connectivity index (χ4v) is 2.17. The lowest BCUT2D eigenvalue weighted by atomic mass is 10.6. The zero-order valence-electron chi connectivity index (χ0n) is 8.23. The predicted molar refractivity (Wildman–Crippen MR) is 62.1 cm³/mol. The van der Waals surface area contributed by atoms with E-state index in [9.17, 15) is 0 Å². The molecule has 0 fully saturated rings. The molecular formula is C9H12ClNSSi. The van der Waals surface area contributed by atoms with Crippen molar-refractivity contribution in [2.75, 3.05) is 0 Å². The average molecular weight is 230 g/mol. The van der Waals surface area contributed by atoms with Gasteiger partial charge in [0.05, 0.1) is 5.69 Å². The molecule has 0 unspecified atom stereocenters. The van der Waals surface area contributed by atoms with Crippen molar-refractivity contribution in [3.05, 3.63) is 15.0 Å². The van der Waals surface area contributed by atoms with Crippen molar-refractivity contribution in [1.29, 1.82) is 0 Å². The van der Waals surface area contributed by atoms with Gasteiger partial charge in [0.25, 0.3) is 0 Å². The van der Waals surface area contributed by atoms with Gasteiger partial charge in [-0.25, -0.2) is 4.98 Å². The van der Waals surface area contributed by atoms with Crippen LogP contribution in [0, 0.1) is 18.4 Å². The molecule has 0 bridgehead atoms. The number of aromatic nitrogens is 1. The van der Waals surface area contributed by atoms with E-state index in [1.165, 1.54) is 11.3 Å². The molecule has 0 spiro atoms. The summed E-state index contributed by atoms with van der Waals surface area (Å²) in [7, 11) is -1.29. The normalized spacial score (nSPS) is 10.8. The summed E-state index contributed by atoms with van der Waals surface area (Å²) in [4.78, 5) is 4.25. The third-order valence-electron chi connectivity index (χ3n) is 1.28. The molecule has 1 rings (SSSR count). The lowest BCUT2D eigenvalue weighted by Gasteiger charge is -2.02. The summed E-state index contributed by atoms with van der Waals surface area (Å²) in [5.74, 6) is 3.08. The minimum absolute atomic E-state index is 0.750. The van der Waals surface area contributed by atoms with E-state index in [-0.39, 0.29) is 0 Å². The zero-order valence-corrected chi connectivity index (χ0v) is 10.8. The Bertz CT molecular complexity index is 348. The second-order valence-electron chi connectivity index (χ2n) is 3.88. The summed E-state index contributed by atoms with van der Waals surface area (Å²) in [5.41, 5.74) is 4.14. The topological polar surface area (TPSA) is 12.9 Å². The average Bonchev–Trinajstić information content (AvgIpc) is 2.27. The van der Waals surface area contributed by atoms with Gasteiger partial charge in [0.15, 0.2) is 5.01 Å². The minimum atomic E-state index is -1.29. The third-order valence-corrected chi connectivity index (χ3v) is 3.53. The quantitative estimate of drug-likeness (QED) is 0.491. The maximum atomic E-state index is 5.88. The van der Waals surface area contributed by atoms with Crippen LogP contribution >= 0.6 is 22.9 Å². The molecule has 0 N–H and O–H groups in total. The standard InChI is InChI=1S/C9H12ClNSSi/c1-7-9(10)12-8(11-7)5-6-13(2,3)4/h1-4H3. The van der Waals surface area contributed by atoms with Gasteiger partial charge < -0.3 is 0 Å². The summed E-state index contributed by atoms with van der Waals surface area (Å²) in [6.07, 6.45) is 0. The first-order valence-corrected chi connectivity index (χ1v) is 8.74. The van der Waals surface area contributed by atoms with Crippen molar-refractivity contribution in [2.45, 2.75) is 26.6 Å². The van der Waals surface area contributed by atoms with Gasteiger partial charge in [-0.3, -0.25) is 0 Å². The van der Waals surface area contributed by atoms with Gasteiger partial charge >= 0.3 is 0 Å². The van der Waals surface area contributed by atoms with Gasteiger partial charge in [-0.15, -0.1) is 5.54 Å². The predicted octanol–water partition coefficient (Wildman–Crippen LogP) is 3.33. The lowest BCUT2D eigenvalue weighted by Crippen LogP contribution is -2.16. The van der Waals surface area contributed by atoms with E-state index >= 15 is 0 Å². The fraction of sp³-hybridized carbons (Fsp3) is 0.444. The Kier molecular flexibility index (Phi) is 3.17. The smallest absolute Gasteiger partial charge is 0.167 e. The highest BCUT2D eigenvalue weighted by molar-refractivity contribution is 7.16. The van der Waals surface area contributed by atoms with Crippen molar-refractivity contribution < 1.29 is 0 Å². The maximum absolute atomic E-state index is 5.88. The molecule has 0 atom stereocenters. The Morgan fingerprint density at radius 2 is 2.00 bits per heavy atom. The summed E-state index contributed by atoms with van der Waals surface area (Å²) in [6, 6.07) is 0. The van der Waals surface area contributed by atoms with Gasteiger partial charge in [-0.2, -0.15) is 0 Å². The Balaban J connectivity index is 2.91. The number of hydrogen-bond donors (Lipinski definition) is 0. The first-order valence-electron chi connectivity index (χ1n) is 4.04. The molecule has 13 heavy (non-hydrogen) atoms. The summed E-state index contributed by atoms with van der Waals surface area (Å²) in [5, 5.41) is 0.838. The zero-order chi connectivity index (χ0) is 10.1. The van der Waals surface area contributed by atoms with E-state index in [0.717, 1.165) is 15.0 Å². The third kappa shape index (κ3) is 3.51. The number of halogens is 1. The Labute approximate surface area is 89.2 Å². The van der Waals surface area contributed by atoms with E-state index in [1.54, 1.807) is 0 Å². The van der Waals surface area contributed by atoms with Crippen molar-refractivity contribution in [2.24, 2.45) is 0 Å². The molecule has 1 aromatic heterocycles. The Morgan fingerprint density at radius 3 is 2.38 bits per heavy atom. The fourth-order valence-electron chi connectivity index (χ4n) is 0.672. The second kappa shape index (κ2) is 3.83. The van der Waals surface area contributed by atoms with Crippen LogP contribution in [0.5, 0.6) is 0 Å². The van der Waals surface area contributed by atoms with Crippen molar-refractivity contribution in [3.8, 4) is 11.5 Å². The van der Waals surface area contributed by atoms with Crippen LogP contribution in [0.4, 0.5) is 0 Å². The van der Waals surface area contributed by atoms with Crippen LogP contribution in [0.25, 0.3) is 0 Å². The Hall–Kier alpha value is -0.303. The van der Waals surface area contributed by atoms with Gasteiger partial charge in [0.1, 0.15) is 12.4 Å². The van der Waals surface area contributed by atoms with Crippen LogP contribution in [-0.4, -0.2) is 13.1 Å². The number of aryl methyl sites for hydroxylation is 1. The van der Waals surface area contributed by atoms with Crippen LogP contribution in [-0.2, 0) is 0 Å². The molecule has 0 aliphatic heterocycles. The minimum Gasteiger partial charge on any atom is -0.231 e. The van der Waals surface area contributed by atoms with Gasteiger partial charge in [-0.1, -0.05) is 42.6 Å². The summed E-state index contributed by atoms with van der Waals surface area (Å²) in [6.45, 7) is 8.53. The molecule has 1 nitrogen and oxygen atoms in total. The van der Waals surface area contributed by atoms with Crippen LogP contribution in [0.2, 0.25) is 24.0 Å². The van der Waals surface area contributed by atoms with E-state index in [4.69, 9.17) is 11.6 Å². The SMILES string of the molecule is Cc1nc(C#C[Si](C)(C)C)sc1Cl. The molecule has 1 aromatic rings. The second-order valence-corrected chi connectivity index (χ2v) is 10.2.